The van der Waals surface area contributed by atoms with Crippen molar-refractivity contribution in [3.05, 3.63) is 45.1 Å². The Morgan fingerprint density at radius 1 is 1.34 bits per heavy atom. The van der Waals surface area contributed by atoms with Crippen molar-refractivity contribution >= 4 is 18.2 Å². The molecule has 0 spiro atoms. The van der Waals surface area contributed by atoms with E-state index >= 15 is 0 Å². The molecule has 1 aliphatic heterocycles. The summed E-state index contributed by atoms with van der Waals surface area (Å²) in [5.41, 5.74) is 2.01. The highest BCUT2D eigenvalue weighted by Gasteiger charge is 2.22. The molecule has 1 saturated carbocycles. The first kappa shape index (κ1) is 19.5. The van der Waals surface area contributed by atoms with Crippen LogP contribution in [0, 0.1) is 0 Å². The van der Waals surface area contributed by atoms with Crippen LogP contribution >= 0.6 is 0 Å². The number of carbonyl (C=O) groups is 1. The number of hydrogen-bond donors (Lipinski definition) is 1. The number of fused-ring (bicyclic) bond motifs is 2. The van der Waals surface area contributed by atoms with Crippen molar-refractivity contribution in [2.24, 2.45) is 4.99 Å². The number of hydrogen-bond acceptors (Lipinski definition) is 4. The molecule has 1 N–H and O–H groups in total. The molecule has 1 fully saturated rings. The third-order valence-electron chi connectivity index (χ3n) is 6.03. The SMILES string of the molecule is C=c1c(=O)[nH]c2n1Cc1c(cccc1OCCCC(=O)N(C)C1CCCCC1)N=2. The summed E-state index contributed by atoms with van der Waals surface area (Å²) in [7, 11) is 1.93. The number of rotatable bonds is 6. The Balaban J connectivity index is 1.35. The summed E-state index contributed by atoms with van der Waals surface area (Å²) in [5, 5.41) is 0.389. The van der Waals surface area contributed by atoms with Gasteiger partial charge in [-0.1, -0.05) is 31.9 Å². The van der Waals surface area contributed by atoms with E-state index in [4.69, 9.17) is 4.74 Å². The highest BCUT2D eigenvalue weighted by Crippen LogP contribution is 2.30. The highest BCUT2D eigenvalue weighted by atomic mass is 16.5. The minimum absolute atomic E-state index is 0.197. The maximum absolute atomic E-state index is 12.5. The quantitative estimate of drug-likeness (QED) is 0.646. The molecule has 154 valence electrons. The van der Waals surface area contributed by atoms with Gasteiger partial charge in [-0.25, -0.2) is 4.99 Å². The molecule has 0 unspecified atom stereocenters. The van der Waals surface area contributed by atoms with Crippen molar-refractivity contribution in [2.75, 3.05) is 13.7 Å². The second kappa shape index (κ2) is 8.27. The molecule has 0 bridgehead atoms. The average molecular weight is 396 g/mol. The molecule has 2 aliphatic rings. The monoisotopic (exact) mass is 396 g/mol. The first-order valence-corrected chi connectivity index (χ1v) is 10.4. The number of aromatic amines is 1. The van der Waals surface area contributed by atoms with Gasteiger partial charge in [0, 0.05) is 25.1 Å². The van der Waals surface area contributed by atoms with Gasteiger partial charge >= 0.3 is 0 Å². The summed E-state index contributed by atoms with van der Waals surface area (Å²) in [5.74, 6) is 0.938. The zero-order valence-electron chi connectivity index (χ0n) is 16.9. The number of imidazole rings is 1. The van der Waals surface area contributed by atoms with E-state index < -0.39 is 0 Å². The molecule has 1 amide bonds. The Kier molecular flexibility index (Phi) is 5.56. The zero-order chi connectivity index (χ0) is 20.4. The lowest BCUT2D eigenvalue weighted by Crippen LogP contribution is -2.38. The lowest BCUT2D eigenvalue weighted by Gasteiger charge is -2.31. The first-order chi connectivity index (χ1) is 14.0. The summed E-state index contributed by atoms with van der Waals surface area (Å²) in [6.07, 6.45) is 7.14. The highest BCUT2D eigenvalue weighted by molar-refractivity contribution is 5.76. The number of carbonyl (C=O) groups excluding carboxylic acids is 1. The van der Waals surface area contributed by atoms with Crippen molar-refractivity contribution < 1.29 is 9.53 Å². The third-order valence-corrected chi connectivity index (χ3v) is 6.03. The van der Waals surface area contributed by atoms with Gasteiger partial charge in [-0.3, -0.25) is 14.6 Å². The van der Waals surface area contributed by atoms with Crippen molar-refractivity contribution in [1.82, 2.24) is 14.5 Å². The zero-order valence-corrected chi connectivity index (χ0v) is 16.9. The first-order valence-electron chi connectivity index (χ1n) is 10.4. The van der Waals surface area contributed by atoms with Gasteiger partial charge in [-0.2, -0.15) is 0 Å². The van der Waals surface area contributed by atoms with Crippen LogP contribution in [0.1, 0.15) is 50.5 Å². The number of amides is 1. The fourth-order valence-corrected chi connectivity index (χ4v) is 4.23. The van der Waals surface area contributed by atoms with Crippen LogP contribution in [-0.4, -0.2) is 40.1 Å². The van der Waals surface area contributed by atoms with Gasteiger partial charge in [0.15, 0.2) is 0 Å². The lowest BCUT2D eigenvalue weighted by molar-refractivity contribution is -0.132. The fourth-order valence-electron chi connectivity index (χ4n) is 4.23. The molecule has 1 aromatic heterocycles. The number of nitrogens with zero attached hydrogens (tertiary/aromatic N) is 3. The number of H-pyrrole nitrogens is 1. The number of aromatic nitrogens is 2. The second-order valence-corrected chi connectivity index (χ2v) is 7.92. The maximum Gasteiger partial charge on any atom is 0.274 e. The van der Waals surface area contributed by atoms with Gasteiger partial charge in [0.05, 0.1) is 18.8 Å². The predicted octanol–water partition coefficient (Wildman–Crippen LogP) is 1.85. The largest absolute Gasteiger partial charge is 0.493 e. The summed E-state index contributed by atoms with van der Waals surface area (Å²) in [6, 6.07) is 6.10. The molecule has 7 heteroatoms. The smallest absolute Gasteiger partial charge is 0.274 e. The molecule has 0 atom stereocenters. The van der Waals surface area contributed by atoms with Crippen molar-refractivity contribution in [1.29, 1.82) is 0 Å². The third kappa shape index (κ3) is 3.99. The van der Waals surface area contributed by atoms with Crippen molar-refractivity contribution in [3.63, 3.8) is 0 Å². The van der Waals surface area contributed by atoms with Crippen LogP contribution in [0.3, 0.4) is 0 Å². The van der Waals surface area contributed by atoms with E-state index in [9.17, 15) is 9.59 Å². The molecule has 2 heterocycles. The van der Waals surface area contributed by atoms with Gasteiger partial charge in [0.2, 0.25) is 11.5 Å². The Bertz CT molecular complexity index is 1060. The van der Waals surface area contributed by atoms with Crippen molar-refractivity contribution in [2.45, 2.75) is 57.5 Å². The van der Waals surface area contributed by atoms with Crippen LogP contribution in [0.15, 0.2) is 28.0 Å². The van der Waals surface area contributed by atoms with Gasteiger partial charge in [-0.15, -0.1) is 0 Å². The Labute approximate surface area is 169 Å². The van der Waals surface area contributed by atoms with E-state index in [0.717, 1.165) is 29.8 Å². The van der Waals surface area contributed by atoms with Crippen LogP contribution in [0.5, 0.6) is 5.75 Å². The van der Waals surface area contributed by atoms with Gasteiger partial charge in [0.25, 0.3) is 5.56 Å². The molecular weight excluding hydrogens is 368 g/mol. The van der Waals surface area contributed by atoms with E-state index in [1.165, 1.54) is 19.3 Å². The fraction of sp³-hybridized carbons (Fsp3) is 0.500. The molecule has 29 heavy (non-hydrogen) atoms. The summed E-state index contributed by atoms with van der Waals surface area (Å²) in [6.45, 7) is 4.78. The number of ether oxygens (including phenoxy) is 1. The number of benzene rings is 1. The second-order valence-electron chi connectivity index (χ2n) is 7.92. The minimum Gasteiger partial charge on any atom is -0.493 e. The van der Waals surface area contributed by atoms with Gasteiger partial charge < -0.3 is 14.2 Å². The van der Waals surface area contributed by atoms with E-state index in [1.54, 1.807) is 4.57 Å². The Morgan fingerprint density at radius 2 is 2.14 bits per heavy atom. The van der Waals surface area contributed by atoms with E-state index in [0.29, 0.717) is 43.0 Å². The summed E-state index contributed by atoms with van der Waals surface area (Å²) < 4.78 is 7.75. The Morgan fingerprint density at radius 3 is 2.93 bits per heavy atom. The molecule has 0 radical (unpaired) electrons. The Hall–Kier alpha value is -2.83. The van der Waals surface area contributed by atoms with E-state index in [2.05, 4.69) is 16.6 Å². The average Bonchev–Trinajstić information content (AvgIpc) is 3.02. The van der Waals surface area contributed by atoms with Gasteiger partial charge in [0.1, 0.15) is 11.1 Å². The molecule has 1 aromatic carbocycles. The van der Waals surface area contributed by atoms with E-state index in [1.807, 2.05) is 30.1 Å². The minimum atomic E-state index is -0.223. The normalized spacial score (nSPS) is 15.9. The number of nitrogens with one attached hydrogen (secondary N) is 1. The molecule has 7 nitrogen and oxygen atoms in total. The lowest BCUT2D eigenvalue weighted by atomic mass is 9.94. The van der Waals surface area contributed by atoms with Crippen LogP contribution in [0.2, 0.25) is 0 Å². The van der Waals surface area contributed by atoms with Crippen LogP contribution < -0.4 is 21.3 Å². The molecule has 0 saturated heterocycles. The molecular formula is C22H28N4O3. The summed E-state index contributed by atoms with van der Waals surface area (Å²) in [4.78, 5) is 33.5. The maximum atomic E-state index is 12.5. The van der Waals surface area contributed by atoms with Gasteiger partial charge in [-0.05, 0) is 31.4 Å². The van der Waals surface area contributed by atoms with Crippen molar-refractivity contribution in [3.8, 4) is 5.75 Å². The van der Waals surface area contributed by atoms with E-state index in [-0.39, 0.29) is 11.5 Å². The van der Waals surface area contributed by atoms with Crippen LogP contribution in [0.4, 0.5) is 5.69 Å². The molecule has 1 aliphatic carbocycles. The molecule has 2 aromatic rings. The summed E-state index contributed by atoms with van der Waals surface area (Å²) >= 11 is 0. The van der Waals surface area contributed by atoms with Crippen LogP contribution in [-0.2, 0) is 11.3 Å². The molecule has 4 rings (SSSR count). The predicted molar refractivity (Wildman–Crippen MR) is 111 cm³/mol. The van der Waals surface area contributed by atoms with Crippen LogP contribution in [0.25, 0.3) is 6.58 Å². The standard InChI is InChI=1S/C22H28N4O3/c1-15-21(28)24-22-23-18-10-6-11-19(17(18)14-26(15)22)29-13-7-12-20(27)25(2)16-8-4-3-5-9-16/h6,10-11,16H,1,3-5,7-9,12-14H2,2H3,(H,23,24,28). The topological polar surface area (TPSA) is 79.7 Å².